The van der Waals surface area contributed by atoms with Crippen molar-refractivity contribution >= 4 is 5.91 Å². The van der Waals surface area contributed by atoms with Crippen LogP contribution in [-0.4, -0.2) is 22.6 Å². The molecule has 1 unspecified atom stereocenters. The number of nitrogens with one attached hydrogen (secondary N) is 1. The summed E-state index contributed by atoms with van der Waals surface area (Å²) in [4.78, 5) is 11.5. The van der Waals surface area contributed by atoms with E-state index in [1.165, 1.54) is 0 Å². The van der Waals surface area contributed by atoms with Crippen molar-refractivity contribution in [2.45, 2.75) is 19.4 Å². The third-order valence-corrected chi connectivity index (χ3v) is 2.60. The lowest BCUT2D eigenvalue weighted by Gasteiger charge is -2.15. The SMILES string of the molecule is CCN1NC(c2ccc(O)cc2)CC1=O. The first-order valence-electron chi connectivity index (χ1n) is 5.06. The van der Waals surface area contributed by atoms with E-state index in [1.54, 1.807) is 17.1 Å². The molecule has 0 radical (unpaired) electrons. The molecular formula is C11H14N2O2. The molecule has 1 aromatic rings. The van der Waals surface area contributed by atoms with E-state index in [-0.39, 0.29) is 17.7 Å². The second kappa shape index (κ2) is 3.90. The van der Waals surface area contributed by atoms with Gasteiger partial charge in [0.1, 0.15) is 5.75 Å². The molecule has 0 spiro atoms. The molecule has 0 aliphatic carbocycles. The van der Waals surface area contributed by atoms with Gasteiger partial charge in [-0.05, 0) is 24.6 Å². The first-order valence-corrected chi connectivity index (χ1v) is 5.06. The average Bonchev–Trinajstić information content (AvgIpc) is 2.61. The van der Waals surface area contributed by atoms with E-state index < -0.39 is 0 Å². The van der Waals surface area contributed by atoms with Crippen LogP contribution >= 0.6 is 0 Å². The molecule has 1 saturated heterocycles. The highest BCUT2D eigenvalue weighted by Gasteiger charge is 2.28. The minimum atomic E-state index is 0.0399. The number of amides is 1. The molecule has 1 aromatic carbocycles. The number of nitrogens with zero attached hydrogens (tertiary/aromatic N) is 1. The number of rotatable bonds is 2. The van der Waals surface area contributed by atoms with Gasteiger partial charge in [-0.2, -0.15) is 0 Å². The fourth-order valence-electron chi connectivity index (χ4n) is 1.76. The van der Waals surface area contributed by atoms with Gasteiger partial charge in [0, 0.05) is 13.0 Å². The minimum Gasteiger partial charge on any atom is -0.508 e. The number of hydrogen-bond donors (Lipinski definition) is 2. The van der Waals surface area contributed by atoms with Crippen molar-refractivity contribution < 1.29 is 9.90 Å². The predicted molar refractivity (Wildman–Crippen MR) is 56.0 cm³/mol. The van der Waals surface area contributed by atoms with Crippen LogP contribution in [0.5, 0.6) is 5.75 Å². The van der Waals surface area contributed by atoms with Crippen LogP contribution in [0.1, 0.15) is 24.9 Å². The maximum atomic E-state index is 11.5. The fourth-order valence-corrected chi connectivity index (χ4v) is 1.76. The third kappa shape index (κ3) is 1.94. The van der Waals surface area contributed by atoms with Crippen molar-refractivity contribution in [2.75, 3.05) is 6.54 Å². The van der Waals surface area contributed by atoms with E-state index in [1.807, 2.05) is 19.1 Å². The Bertz CT molecular complexity index is 361. The largest absolute Gasteiger partial charge is 0.508 e. The van der Waals surface area contributed by atoms with Gasteiger partial charge in [-0.15, -0.1) is 0 Å². The number of carbonyl (C=O) groups is 1. The average molecular weight is 206 g/mol. The quantitative estimate of drug-likeness (QED) is 0.764. The second-order valence-corrected chi connectivity index (χ2v) is 3.62. The Labute approximate surface area is 88.5 Å². The first-order chi connectivity index (χ1) is 7.20. The number of carbonyl (C=O) groups excluding carboxylic acids is 1. The first kappa shape index (κ1) is 9.98. The van der Waals surface area contributed by atoms with Gasteiger partial charge in [-0.3, -0.25) is 9.80 Å². The van der Waals surface area contributed by atoms with Gasteiger partial charge in [0.15, 0.2) is 0 Å². The topological polar surface area (TPSA) is 52.6 Å². The van der Waals surface area contributed by atoms with Gasteiger partial charge in [-0.1, -0.05) is 12.1 Å². The maximum absolute atomic E-state index is 11.5. The summed E-state index contributed by atoms with van der Waals surface area (Å²) in [5, 5.41) is 10.8. The zero-order valence-corrected chi connectivity index (χ0v) is 8.60. The van der Waals surface area contributed by atoms with E-state index in [9.17, 15) is 4.79 Å². The number of phenolic OH excluding ortho intramolecular Hbond substituents is 1. The van der Waals surface area contributed by atoms with Crippen molar-refractivity contribution in [1.29, 1.82) is 0 Å². The van der Waals surface area contributed by atoms with Gasteiger partial charge in [0.05, 0.1) is 6.04 Å². The zero-order chi connectivity index (χ0) is 10.8. The molecule has 1 fully saturated rings. The van der Waals surface area contributed by atoms with Crippen molar-refractivity contribution in [3.63, 3.8) is 0 Å². The second-order valence-electron chi connectivity index (χ2n) is 3.62. The molecule has 4 nitrogen and oxygen atoms in total. The Morgan fingerprint density at radius 1 is 1.47 bits per heavy atom. The van der Waals surface area contributed by atoms with Crippen LogP contribution in [0.2, 0.25) is 0 Å². The molecule has 80 valence electrons. The molecule has 0 saturated carbocycles. The molecule has 1 aliphatic rings. The van der Waals surface area contributed by atoms with E-state index in [0.29, 0.717) is 13.0 Å². The van der Waals surface area contributed by atoms with Gasteiger partial charge < -0.3 is 5.11 Å². The molecule has 1 aliphatic heterocycles. The van der Waals surface area contributed by atoms with E-state index in [0.717, 1.165) is 5.56 Å². The Balaban J connectivity index is 2.13. The van der Waals surface area contributed by atoms with Gasteiger partial charge in [0.2, 0.25) is 5.91 Å². The maximum Gasteiger partial charge on any atom is 0.238 e. The number of aromatic hydroxyl groups is 1. The molecular weight excluding hydrogens is 192 g/mol. The number of benzene rings is 1. The molecule has 1 atom stereocenters. The summed E-state index contributed by atoms with van der Waals surface area (Å²) in [5.41, 5.74) is 4.15. The summed E-state index contributed by atoms with van der Waals surface area (Å²) < 4.78 is 0. The monoisotopic (exact) mass is 206 g/mol. The van der Waals surface area contributed by atoms with E-state index in [2.05, 4.69) is 5.43 Å². The highest BCUT2D eigenvalue weighted by Crippen LogP contribution is 2.24. The van der Waals surface area contributed by atoms with E-state index >= 15 is 0 Å². The molecule has 1 heterocycles. The van der Waals surface area contributed by atoms with Crippen LogP contribution < -0.4 is 5.43 Å². The highest BCUT2D eigenvalue weighted by atomic mass is 16.3. The van der Waals surface area contributed by atoms with Crippen LogP contribution in [0, 0.1) is 0 Å². The van der Waals surface area contributed by atoms with Crippen LogP contribution in [0.25, 0.3) is 0 Å². The van der Waals surface area contributed by atoms with Crippen LogP contribution in [0.3, 0.4) is 0 Å². The van der Waals surface area contributed by atoms with Gasteiger partial charge in [-0.25, -0.2) is 5.43 Å². The van der Waals surface area contributed by atoms with Crippen LogP contribution in [-0.2, 0) is 4.79 Å². The summed E-state index contributed by atoms with van der Waals surface area (Å²) in [6.07, 6.45) is 0.485. The Morgan fingerprint density at radius 2 is 2.13 bits per heavy atom. The molecule has 2 N–H and O–H groups in total. The Hall–Kier alpha value is -1.55. The lowest BCUT2D eigenvalue weighted by atomic mass is 10.1. The smallest absolute Gasteiger partial charge is 0.238 e. The summed E-state index contributed by atoms with van der Waals surface area (Å²) in [6.45, 7) is 2.61. The molecule has 2 rings (SSSR count). The van der Waals surface area contributed by atoms with Crippen molar-refractivity contribution in [2.24, 2.45) is 0 Å². The van der Waals surface area contributed by atoms with Gasteiger partial charge >= 0.3 is 0 Å². The predicted octanol–water partition coefficient (Wildman–Crippen LogP) is 1.19. The molecule has 0 aromatic heterocycles. The summed E-state index contributed by atoms with van der Waals surface area (Å²) in [6, 6.07) is 6.98. The lowest BCUT2D eigenvalue weighted by molar-refractivity contribution is -0.129. The lowest BCUT2D eigenvalue weighted by Crippen LogP contribution is -2.34. The standard InChI is InChI=1S/C11H14N2O2/c1-2-13-11(15)7-10(12-13)8-3-5-9(14)6-4-8/h3-6,10,12,14H,2,7H2,1H3. The Kier molecular flexibility index (Phi) is 2.60. The summed E-state index contributed by atoms with van der Waals surface area (Å²) in [7, 11) is 0. The van der Waals surface area contributed by atoms with Crippen molar-refractivity contribution in [3.8, 4) is 5.75 Å². The van der Waals surface area contributed by atoms with Crippen LogP contribution in [0.15, 0.2) is 24.3 Å². The highest BCUT2D eigenvalue weighted by molar-refractivity contribution is 5.78. The zero-order valence-electron chi connectivity index (χ0n) is 8.60. The molecule has 4 heteroatoms. The number of hydrazine groups is 1. The number of phenols is 1. The van der Waals surface area contributed by atoms with Crippen LogP contribution in [0.4, 0.5) is 0 Å². The minimum absolute atomic E-state index is 0.0399. The molecule has 1 amide bonds. The Morgan fingerprint density at radius 3 is 2.67 bits per heavy atom. The summed E-state index contributed by atoms with van der Waals surface area (Å²) >= 11 is 0. The fraction of sp³-hybridized carbons (Fsp3) is 0.364. The molecule has 15 heavy (non-hydrogen) atoms. The molecule has 0 bridgehead atoms. The van der Waals surface area contributed by atoms with E-state index in [4.69, 9.17) is 5.11 Å². The number of hydrogen-bond acceptors (Lipinski definition) is 3. The van der Waals surface area contributed by atoms with Crippen molar-refractivity contribution in [3.05, 3.63) is 29.8 Å². The van der Waals surface area contributed by atoms with Gasteiger partial charge in [0.25, 0.3) is 0 Å². The normalized spacial score (nSPS) is 21.0. The third-order valence-electron chi connectivity index (χ3n) is 2.60. The summed E-state index contributed by atoms with van der Waals surface area (Å²) in [5.74, 6) is 0.367. The van der Waals surface area contributed by atoms with Crippen molar-refractivity contribution in [1.82, 2.24) is 10.4 Å².